The summed E-state index contributed by atoms with van der Waals surface area (Å²) < 4.78 is 0. The highest BCUT2D eigenvalue weighted by atomic mass is 16.2. The molecule has 138 valence electrons. The second kappa shape index (κ2) is 9.56. The molecule has 1 heterocycles. The molecule has 1 atom stereocenters. The minimum absolute atomic E-state index is 0.0648. The number of hydrogen-bond donors (Lipinski definition) is 0. The zero-order chi connectivity index (χ0) is 18.2. The number of rotatable bonds is 7. The van der Waals surface area contributed by atoms with Crippen LogP contribution < -0.4 is 0 Å². The first-order chi connectivity index (χ1) is 12.1. The Kier molecular flexibility index (Phi) is 7.44. The first-order valence-corrected chi connectivity index (χ1v) is 9.44. The average molecular weight is 345 g/mol. The van der Waals surface area contributed by atoms with Gasteiger partial charge in [-0.05, 0) is 25.8 Å². The third kappa shape index (κ3) is 5.05. The third-order valence-corrected chi connectivity index (χ3v) is 5.07. The van der Waals surface area contributed by atoms with Crippen LogP contribution in [-0.2, 0) is 9.59 Å². The number of carbonyl (C=O) groups is 2. The fourth-order valence-corrected chi connectivity index (χ4v) is 3.45. The van der Waals surface area contributed by atoms with Crippen LogP contribution in [0.1, 0.15) is 38.7 Å². The molecule has 5 nitrogen and oxygen atoms in total. The highest BCUT2D eigenvalue weighted by molar-refractivity contribution is 5.84. The quantitative estimate of drug-likeness (QED) is 0.761. The van der Waals surface area contributed by atoms with E-state index in [2.05, 4.69) is 11.8 Å². The van der Waals surface area contributed by atoms with Crippen molar-refractivity contribution in [3.8, 4) is 0 Å². The van der Waals surface area contributed by atoms with E-state index in [9.17, 15) is 9.59 Å². The summed E-state index contributed by atoms with van der Waals surface area (Å²) in [4.78, 5) is 31.1. The summed E-state index contributed by atoms with van der Waals surface area (Å²) in [5, 5.41) is 0. The lowest BCUT2D eigenvalue weighted by Gasteiger charge is -2.36. The van der Waals surface area contributed by atoms with Crippen LogP contribution in [0.4, 0.5) is 0 Å². The summed E-state index contributed by atoms with van der Waals surface area (Å²) in [6.45, 7) is 11.0. The number of hydrogen-bond acceptors (Lipinski definition) is 3. The Morgan fingerprint density at radius 1 is 1.00 bits per heavy atom. The third-order valence-electron chi connectivity index (χ3n) is 5.07. The number of nitrogens with zero attached hydrogens (tertiary/aromatic N) is 3. The van der Waals surface area contributed by atoms with Crippen molar-refractivity contribution >= 4 is 11.8 Å². The van der Waals surface area contributed by atoms with E-state index in [0.29, 0.717) is 19.6 Å². The molecule has 1 aliphatic rings. The molecule has 1 aliphatic heterocycles. The Hall–Kier alpha value is -1.88. The van der Waals surface area contributed by atoms with Crippen LogP contribution in [0, 0.1) is 0 Å². The zero-order valence-corrected chi connectivity index (χ0v) is 15.8. The van der Waals surface area contributed by atoms with Gasteiger partial charge in [-0.25, -0.2) is 0 Å². The summed E-state index contributed by atoms with van der Waals surface area (Å²) in [5.41, 5.74) is 1.09. The topological polar surface area (TPSA) is 43.9 Å². The summed E-state index contributed by atoms with van der Waals surface area (Å²) in [6, 6.07) is 10.0. The van der Waals surface area contributed by atoms with Crippen molar-refractivity contribution in [2.24, 2.45) is 0 Å². The highest BCUT2D eigenvalue weighted by Crippen LogP contribution is 2.22. The Morgan fingerprint density at radius 3 is 2.12 bits per heavy atom. The maximum absolute atomic E-state index is 12.9. The molecule has 1 unspecified atom stereocenters. The lowest BCUT2D eigenvalue weighted by Crippen LogP contribution is -2.52. The van der Waals surface area contributed by atoms with Gasteiger partial charge in [-0.15, -0.1) is 0 Å². The molecule has 0 radical (unpaired) electrons. The van der Waals surface area contributed by atoms with Gasteiger partial charge in [0.05, 0.1) is 12.5 Å². The SMILES string of the molecule is CCC(C(=O)N1CCN(CC(=O)N(CC)CC)CC1)c1ccccc1. The van der Waals surface area contributed by atoms with Crippen molar-refractivity contribution in [2.45, 2.75) is 33.1 Å². The van der Waals surface area contributed by atoms with Crippen molar-refractivity contribution in [1.29, 1.82) is 0 Å². The summed E-state index contributed by atoms with van der Waals surface area (Å²) in [5.74, 6) is 0.328. The molecule has 1 saturated heterocycles. The molecule has 2 rings (SSSR count). The molecular weight excluding hydrogens is 314 g/mol. The first-order valence-electron chi connectivity index (χ1n) is 9.44. The molecule has 5 heteroatoms. The van der Waals surface area contributed by atoms with Crippen LogP contribution in [0.3, 0.4) is 0 Å². The van der Waals surface area contributed by atoms with Gasteiger partial charge >= 0.3 is 0 Å². The van der Waals surface area contributed by atoms with Gasteiger partial charge in [0.1, 0.15) is 0 Å². The first kappa shape index (κ1) is 19.4. The van der Waals surface area contributed by atoms with Crippen LogP contribution in [0.5, 0.6) is 0 Å². The van der Waals surface area contributed by atoms with E-state index in [4.69, 9.17) is 0 Å². The smallest absolute Gasteiger partial charge is 0.236 e. The number of amides is 2. The predicted molar refractivity (Wildman–Crippen MR) is 100 cm³/mol. The van der Waals surface area contributed by atoms with Crippen LogP contribution in [0.2, 0.25) is 0 Å². The maximum atomic E-state index is 12.9. The standard InChI is InChI=1S/C20H31N3O2/c1-4-18(17-10-8-7-9-11-17)20(25)23-14-12-21(13-15-23)16-19(24)22(5-2)6-3/h7-11,18H,4-6,12-16H2,1-3H3. The summed E-state index contributed by atoms with van der Waals surface area (Å²) in [7, 11) is 0. The molecule has 0 aliphatic carbocycles. The molecule has 1 fully saturated rings. The largest absolute Gasteiger partial charge is 0.342 e. The van der Waals surface area contributed by atoms with Gasteiger partial charge in [-0.3, -0.25) is 14.5 Å². The summed E-state index contributed by atoms with van der Waals surface area (Å²) in [6.07, 6.45) is 0.809. The minimum atomic E-state index is -0.0648. The van der Waals surface area contributed by atoms with Crippen molar-refractivity contribution in [2.75, 3.05) is 45.8 Å². The van der Waals surface area contributed by atoms with Gasteiger partial charge in [-0.1, -0.05) is 37.3 Å². The van der Waals surface area contributed by atoms with Crippen molar-refractivity contribution in [1.82, 2.24) is 14.7 Å². The monoisotopic (exact) mass is 345 g/mol. The van der Waals surface area contributed by atoms with Gasteiger partial charge < -0.3 is 9.80 Å². The number of benzene rings is 1. The molecular formula is C20H31N3O2. The van der Waals surface area contributed by atoms with Crippen LogP contribution >= 0.6 is 0 Å². The highest BCUT2D eigenvalue weighted by Gasteiger charge is 2.28. The fourth-order valence-electron chi connectivity index (χ4n) is 3.45. The lowest BCUT2D eigenvalue weighted by atomic mass is 9.95. The van der Waals surface area contributed by atoms with Crippen LogP contribution in [-0.4, -0.2) is 72.3 Å². The predicted octanol–water partition coefficient (Wildman–Crippen LogP) is 2.19. The van der Waals surface area contributed by atoms with Crippen LogP contribution in [0.25, 0.3) is 0 Å². The Balaban J connectivity index is 1.88. The van der Waals surface area contributed by atoms with Gasteiger partial charge in [-0.2, -0.15) is 0 Å². The van der Waals surface area contributed by atoms with Gasteiger partial charge in [0, 0.05) is 39.3 Å². The minimum Gasteiger partial charge on any atom is -0.342 e. The van der Waals surface area contributed by atoms with E-state index in [1.165, 1.54) is 0 Å². The van der Waals surface area contributed by atoms with Crippen LogP contribution in [0.15, 0.2) is 30.3 Å². The van der Waals surface area contributed by atoms with Gasteiger partial charge in [0.15, 0.2) is 0 Å². The molecule has 0 N–H and O–H groups in total. The molecule has 0 spiro atoms. The molecule has 0 saturated carbocycles. The van der Waals surface area contributed by atoms with Crippen molar-refractivity contribution in [3.05, 3.63) is 35.9 Å². The lowest BCUT2D eigenvalue weighted by molar-refractivity contribution is -0.136. The molecule has 0 bridgehead atoms. The second-order valence-electron chi connectivity index (χ2n) is 6.54. The molecule has 0 aromatic heterocycles. The molecule has 25 heavy (non-hydrogen) atoms. The Morgan fingerprint density at radius 2 is 1.60 bits per heavy atom. The average Bonchev–Trinajstić information content (AvgIpc) is 2.65. The molecule has 1 aromatic rings. The molecule has 2 amide bonds. The Bertz CT molecular complexity index is 549. The zero-order valence-electron chi connectivity index (χ0n) is 15.8. The summed E-state index contributed by atoms with van der Waals surface area (Å²) >= 11 is 0. The van der Waals surface area contributed by atoms with E-state index in [0.717, 1.165) is 38.2 Å². The van der Waals surface area contributed by atoms with E-state index < -0.39 is 0 Å². The van der Waals surface area contributed by atoms with E-state index in [-0.39, 0.29) is 17.7 Å². The Labute approximate surface area is 151 Å². The fraction of sp³-hybridized carbons (Fsp3) is 0.600. The second-order valence-corrected chi connectivity index (χ2v) is 6.54. The van der Waals surface area contributed by atoms with Gasteiger partial charge in [0.2, 0.25) is 11.8 Å². The maximum Gasteiger partial charge on any atom is 0.236 e. The van der Waals surface area contributed by atoms with E-state index in [1.54, 1.807) is 0 Å². The van der Waals surface area contributed by atoms with E-state index in [1.807, 2.05) is 54.0 Å². The normalized spacial score (nSPS) is 16.5. The number of piperazine rings is 1. The molecule has 1 aromatic carbocycles. The van der Waals surface area contributed by atoms with Gasteiger partial charge in [0.25, 0.3) is 0 Å². The van der Waals surface area contributed by atoms with Crippen molar-refractivity contribution in [3.63, 3.8) is 0 Å². The number of carbonyl (C=O) groups excluding carboxylic acids is 2. The number of likely N-dealkylation sites (N-methyl/N-ethyl adjacent to an activating group) is 1. The van der Waals surface area contributed by atoms with Crippen molar-refractivity contribution < 1.29 is 9.59 Å². The van der Waals surface area contributed by atoms with E-state index >= 15 is 0 Å².